The molecule has 0 aliphatic heterocycles. The van der Waals surface area contributed by atoms with Crippen molar-refractivity contribution in [3.63, 3.8) is 0 Å². The molecule has 0 atom stereocenters. The molecule has 4 nitrogen and oxygen atoms in total. The first-order valence-electron chi connectivity index (χ1n) is 6.82. The van der Waals surface area contributed by atoms with Crippen LogP contribution >= 0.6 is 0 Å². The zero-order valence-corrected chi connectivity index (χ0v) is 12.9. The molecule has 4 heteroatoms. The molecule has 0 spiro atoms. The minimum atomic E-state index is 0.113. The van der Waals surface area contributed by atoms with Gasteiger partial charge in [-0.25, -0.2) is 4.68 Å². The summed E-state index contributed by atoms with van der Waals surface area (Å²) in [5.41, 5.74) is 9.79. The lowest BCUT2D eigenvalue weighted by Crippen LogP contribution is -2.12. The third kappa shape index (κ3) is 2.95. The lowest BCUT2D eigenvalue weighted by atomic mass is 9.87. The zero-order valence-electron chi connectivity index (χ0n) is 12.9. The van der Waals surface area contributed by atoms with E-state index in [9.17, 15) is 0 Å². The summed E-state index contributed by atoms with van der Waals surface area (Å²) >= 11 is 0. The third-order valence-corrected chi connectivity index (χ3v) is 3.49. The Morgan fingerprint density at radius 3 is 2.50 bits per heavy atom. The number of ether oxygens (including phenoxy) is 1. The summed E-state index contributed by atoms with van der Waals surface area (Å²) in [6, 6.07) is 8.18. The molecule has 2 rings (SSSR count). The Morgan fingerprint density at radius 1 is 1.25 bits per heavy atom. The van der Waals surface area contributed by atoms with Crippen LogP contribution in [0.1, 0.15) is 37.7 Å². The minimum absolute atomic E-state index is 0.113. The van der Waals surface area contributed by atoms with Crippen LogP contribution in [0, 0.1) is 13.8 Å². The van der Waals surface area contributed by atoms with Crippen molar-refractivity contribution >= 4 is 5.69 Å². The largest absolute Gasteiger partial charge is 0.471 e. The molecule has 0 saturated carbocycles. The number of nitrogens with zero attached hydrogens (tertiary/aromatic N) is 2. The van der Waals surface area contributed by atoms with E-state index >= 15 is 0 Å². The normalized spacial score (nSPS) is 11.7. The van der Waals surface area contributed by atoms with Crippen molar-refractivity contribution in [2.45, 2.75) is 46.8 Å². The molecule has 2 aromatic rings. The van der Waals surface area contributed by atoms with Crippen LogP contribution in [0.2, 0.25) is 0 Å². The third-order valence-electron chi connectivity index (χ3n) is 3.49. The predicted octanol–water partition coefficient (Wildman–Crippen LogP) is 3.42. The van der Waals surface area contributed by atoms with Crippen LogP contribution in [0.3, 0.4) is 0 Å². The highest BCUT2D eigenvalue weighted by atomic mass is 16.5. The van der Waals surface area contributed by atoms with Crippen molar-refractivity contribution < 1.29 is 4.74 Å². The average molecular weight is 273 g/mol. The number of aryl methyl sites for hydroxylation is 1. The first-order chi connectivity index (χ1) is 9.29. The highest BCUT2D eigenvalue weighted by Gasteiger charge is 2.14. The fraction of sp³-hybridized carbons (Fsp3) is 0.438. The van der Waals surface area contributed by atoms with Crippen LogP contribution in [0.25, 0.3) is 0 Å². The number of hydrogen-bond donors (Lipinski definition) is 1. The van der Waals surface area contributed by atoms with Gasteiger partial charge in [0.2, 0.25) is 0 Å². The fourth-order valence-corrected chi connectivity index (χ4v) is 2.02. The van der Waals surface area contributed by atoms with Gasteiger partial charge in [-0.05, 0) is 37.0 Å². The van der Waals surface area contributed by atoms with E-state index in [0.717, 1.165) is 22.8 Å². The van der Waals surface area contributed by atoms with Gasteiger partial charge < -0.3 is 10.5 Å². The highest BCUT2D eigenvalue weighted by Crippen LogP contribution is 2.26. The molecule has 108 valence electrons. The van der Waals surface area contributed by atoms with Crippen molar-refractivity contribution in [2.24, 2.45) is 0 Å². The Morgan fingerprint density at radius 2 is 1.95 bits per heavy atom. The van der Waals surface area contributed by atoms with E-state index in [1.807, 2.05) is 26.0 Å². The van der Waals surface area contributed by atoms with E-state index < -0.39 is 0 Å². The smallest absolute Gasteiger partial charge is 0.181 e. The topological polar surface area (TPSA) is 53.1 Å². The summed E-state index contributed by atoms with van der Waals surface area (Å²) in [5, 5.41) is 4.36. The average Bonchev–Trinajstić information content (AvgIpc) is 2.63. The molecule has 0 saturated heterocycles. The molecule has 0 bridgehead atoms. The van der Waals surface area contributed by atoms with Gasteiger partial charge >= 0.3 is 0 Å². The maximum absolute atomic E-state index is 5.91. The summed E-state index contributed by atoms with van der Waals surface area (Å²) in [5.74, 6) is 0.851. The summed E-state index contributed by atoms with van der Waals surface area (Å²) in [6.45, 7) is 10.8. The van der Waals surface area contributed by atoms with E-state index in [0.29, 0.717) is 6.73 Å². The monoisotopic (exact) mass is 273 g/mol. The molecule has 0 radical (unpaired) electrons. The molecule has 0 aliphatic carbocycles. The number of hydrogen-bond acceptors (Lipinski definition) is 3. The SMILES string of the molecule is Cc1nn(COc2cccc(C(C)(C)C)c2)c(C)c1N. The molecule has 20 heavy (non-hydrogen) atoms. The van der Waals surface area contributed by atoms with Crippen LogP contribution < -0.4 is 10.5 Å². The van der Waals surface area contributed by atoms with Crippen LogP contribution in [0.4, 0.5) is 5.69 Å². The summed E-state index contributed by atoms with van der Waals surface area (Å²) < 4.78 is 7.61. The molecular weight excluding hydrogens is 250 g/mol. The summed E-state index contributed by atoms with van der Waals surface area (Å²) in [7, 11) is 0. The van der Waals surface area contributed by atoms with E-state index in [4.69, 9.17) is 10.5 Å². The zero-order chi connectivity index (χ0) is 14.9. The fourth-order valence-electron chi connectivity index (χ4n) is 2.02. The summed E-state index contributed by atoms with van der Waals surface area (Å²) in [4.78, 5) is 0. The van der Waals surface area contributed by atoms with Gasteiger partial charge in [0.05, 0.1) is 17.1 Å². The second-order valence-corrected chi connectivity index (χ2v) is 6.14. The van der Waals surface area contributed by atoms with Crippen LogP contribution in [0.5, 0.6) is 5.75 Å². The molecule has 0 fully saturated rings. The van der Waals surface area contributed by atoms with Crippen molar-refractivity contribution in [2.75, 3.05) is 5.73 Å². The first-order valence-corrected chi connectivity index (χ1v) is 6.82. The number of aromatic nitrogens is 2. The number of nitrogen functional groups attached to an aromatic ring is 1. The maximum Gasteiger partial charge on any atom is 0.181 e. The molecule has 1 aromatic carbocycles. The lowest BCUT2D eigenvalue weighted by Gasteiger charge is -2.19. The van der Waals surface area contributed by atoms with E-state index in [1.54, 1.807) is 4.68 Å². The Kier molecular flexibility index (Phi) is 3.75. The molecule has 0 unspecified atom stereocenters. The van der Waals surface area contributed by atoms with Gasteiger partial charge in [-0.2, -0.15) is 5.10 Å². The molecule has 0 amide bonds. The number of rotatable bonds is 3. The van der Waals surface area contributed by atoms with Gasteiger partial charge in [-0.1, -0.05) is 32.9 Å². The quantitative estimate of drug-likeness (QED) is 0.932. The molecule has 2 N–H and O–H groups in total. The molecule has 0 aliphatic rings. The molecule has 1 heterocycles. The van der Waals surface area contributed by atoms with E-state index in [1.165, 1.54) is 5.56 Å². The molecule has 1 aromatic heterocycles. The Balaban J connectivity index is 2.13. The van der Waals surface area contributed by atoms with E-state index in [2.05, 4.69) is 38.0 Å². The second kappa shape index (κ2) is 5.19. The number of benzene rings is 1. The highest BCUT2D eigenvalue weighted by molar-refractivity contribution is 5.46. The first kappa shape index (κ1) is 14.4. The minimum Gasteiger partial charge on any atom is -0.471 e. The second-order valence-electron chi connectivity index (χ2n) is 6.14. The van der Waals surface area contributed by atoms with Crippen molar-refractivity contribution in [1.82, 2.24) is 9.78 Å². The van der Waals surface area contributed by atoms with Gasteiger partial charge in [-0.3, -0.25) is 0 Å². The van der Waals surface area contributed by atoms with Gasteiger partial charge in [0, 0.05) is 0 Å². The number of nitrogens with two attached hydrogens (primary N) is 1. The van der Waals surface area contributed by atoms with Crippen molar-refractivity contribution in [3.8, 4) is 5.75 Å². The Labute approximate surface area is 120 Å². The van der Waals surface area contributed by atoms with Gasteiger partial charge in [0.1, 0.15) is 5.75 Å². The summed E-state index contributed by atoms with van der Waals surface area (Å²) in [6.07, 6.45) is 0. The maximum atomic E-state index is 5.91. The van der Waals surface area contributed by atoms with Crippen LogP contribution in [0.15, 0.2) is 24.3 Å². The van der Waals surface area contributed by atoms with Gasteiger partial charge in [0.15, 0.2) is 6.73 Å². The standard InChI is InChI=1S/C16H23N3O/c1-11-15(17)12(2)19(18-11)10-20-14-8-6-7-13(9-14)16(3,4)5/h6-9H,10,17H2,1-5H3. The number of anilines is 1. The van der Waals surface area contributed by atoms with Gasteiger partial charge in [-0.15, -0.1) is 0 Å². The van der Waals surface area contributed by atoms with Crippen LogP contribution in [-0.2, 0) is 12.1 Å². The predicted molar refractivity (Wildman–Crippen MR) is 81.9 cm³/mol. The van der Waals surface area contributed by atoms with Gasteiger partial charge in [0.25, 0.3) is 0 Å². The van der Waals surface area contributed by atoms with Crippen molar-refractivity contribution in [3.05, 3.63) is 41.2 Å². The van der Waals surface area contributed by atoms with E-state index in [-0.39, 0.29) is 5.41 Å². The Hall–Kier alpha value is -1.97. The molecular formula is C16H23N3O. The Bertz CT molecular complexity index is 609. The lowest BCUT2D eigenvalue weighted by molar-refractivity contribution is 0.217. The van der Waals surface area contributed by atoms with Crippen LogP contribution in [-0.4, -0.2) is 9.78 Å². The van der Waals surface area contributed by atoms with Crippen molar-refractivity contribution in [1.29, 1.82) is 0 Å².